The van der Waals surface area contributed by atoms with Crippen molar-refractivity contribution in [1.29, 1.82) is 0 Å². The molecule has 3 aromatic rings. The normalized spacial score (nSPS) is 10.5. The third-order valence-corrected chi connectivity index (χ3v) is 4.25. The van der Waals surface area contributed by atoms with Gasteiger partial charge in [0, 0.05) is 11.9 Å². The van der Waals surface area contributed by atoms with Crippen molar-refractivity contribution in [2.24, 2.45) is 0 Å². The predicted molar refractivity (Wildman–Crippen MR) is 104 cm³/mol. The number of hydrogen-bond acceptors (Lipinski definition) is 2. The van der Waals surface area contributed by atoms with Crippen LogP contribution < -0.4 is 10.6 Å². The fourth-order valence-corrected chi connectivity index (χ4v) is 2.74. The van der Waals surface area contributed by atoms with Crippen LogP contribution in [0, 0.1) is 5.82 Å². The van der Waals surface area contributed by atoms with Crippen molar-refractivity contribution in [2.45, 2.75) is 6.54 Å². The molecule has 0 unspecified atom stereocenters. The van der Waals surface area contributed by atoms with Crippen LogP contribution >= 0.6 is 35.4 Å². The molecule has 0 amide bonds. The molecule has 0 aliphatic rings. The molecule has 1 heterocycles. The lowest BCUT2D eigenvalue weighted by molar-refractivity contribution is 0.619. The van der Waals surface area contributed by atoms with Gasteiger partial charge in [0.1, 0.15) is 5.82 Å². The Morgan fingerprint density at radius 1 is 1.08 bits per heavy atom. The Bertz CT molecular complexity index is 913. The van der Waals surface area contributed by atoms with E-state index in [9.17, 15) is 4.39 Å². The molecule has 0 radical (unpaired) electrons. The van der Waals surface area contributed by atoms with Crippen molar-refractivity contribution in [3.63, 3.8) is 0 Å². The van der Waals surface area contributed by atoms with Crippen molar-refractivity contribution < 1.29 is 4.39 Å². The van der Waals surface area contributed by atoms with E-state index in [2.05, 4.69) is 15.7 Å². The summed E-state index contributed by atoms with van der Waals surface area (Å²) in [6.07, 6.45) is 3.43. The van der Waals surface area contributed by atoms with Gasteiger partial charge in [0.25, 0.3) is 0 Å². The molecule has 0 spiro atoms. The minimum atomic E-state index is -0.269. The largest absolute Gasteiger partial charge is 0.332 e. The van der Waals surface area contributed by atoms with Gasteiger partial charge in [-0.15, -0.1) is 0 Å². The molecule has 0 atom stereocenters. The number of rotatable bonds is 4. The summed E-state index contributed by atoms with van der Waals surface area (Å²) in [6.45, 7) is 0.465. The van der Waals surface area contributed by atoms with Crippen LogP contribution in [-0.2, 0) is 6.54 Å². The van der Waals surface area contributed by atoms with Gasteiger partial charge in [0.2, 0.25) is 0 Å². The Labute approximate surface area is 159 Å². The Balaban J connectivity index is 1.60. The highest BCUT2D eigenvalue weighted by molar-refractivity contribution is 7.80. The topological polar surface area (TPSA) is 41.9 Å². The smallest absolute Gasteiger partial charge is 0.175 e. The van der Waals surface area contributed by atoms with Crippen LogP contribution in [0.3, 0.4) is 0 Å². The van der Waals surface area contributed by atoms with Crippen LogP contribution in [0.1, 0.15) is 5.56 Å². The Morgan fingerprint density at radius 3 is 2.64 bits per heavy atom. The number of aromatic nitrogens is 2. The number of nitrogens with one attached hydrogen (secondary N) is 2. The second-order valence-electron chi connectivity index (χ2n) is 5.26. The van der Waals surface area contributed by atoms with Crippen LogP contribution in [0.2, 0.25) is 10.0 Å². The summed E-state index contributed by atoms with van der Waals surface area (Å²) in [5.74, 6) is -0.269. The molecule has 0 bridgehead atoms. The molecular formula is C17H13Cl2FN4S. The molecule has 2 N–H and O–H groups in total. The zero-order valence-electron chi connectivity index (χ0n) is 12.8. The lowest BCUT2D eigenvalue weighted by Gasteiger charge is -2.09. The van der Waals surface area contributed by atoms with Gasteiger partial charge in [-0.05, 0) is 48.1 Å². The maximum absolute atomic E-state index is 13.2. The number of thiocarbonyl (C=S) groups is 1. The molecule has 25 heavy (non-hydrogen) atoms. The summed E-state index contributed by atoms with van der Waals surface area (Å²) in [5.41, 5.74) is 2.26. The quantitative estimate of drug-likeness (QED) is 0.597. The number of halogens is 3. The van der Waals surface area contributed by atoms with E-state index in [1.165, 1.54) is 12.1 Å². The highest BCUT2D eigenvalue weighted by atomic mass is 35.5. The van der Waals surface area contributed by atoms with Gasteiger partial charge < -0.3 is 10.6 Å². The molecule has 3 rings (SSSR count). The molecule has 1 aromatic heterocycles. The molecule has 0 saturated heterocycles. The molecule has 0 aliphatic carbocycles. The SMILES string of the molecule is Fc1cccc(Cn2cc(NC(=S)Nc3ccc(Cl)c(Cl)c3)cn2)c1. The van der Waals surface area contributed by atoms with Gasteiger partial charge in [-0.2, -0.15) is 5.10 Å². The molecule has 128 valence electrons. The van der Waals surface area contributed by atoms with E-state index in [0.717, 1.165) is 11.3 Å². The standard InChI is InChI=1S/C17H13Cl2FN4S/c18-15-5-4-13(7-16(15)19)22-17(25)23-14-8-21-24(10-14)9-11-2-1-3-12(20)6-11/h1-8,10H,9H2,(H2,22,23,25). The van der Waals surface area contributed by atoms with E-state index < -0.39 is 0 Å². The van der Waals surface area contributed by atoms with Gasteiger partial charge in [0.05, 0.1) is 28.5 Å². The van der Waals surface area contributed by atoms with Crippen LogP contribution in [-0.4, -0.2) is 14.9 Å². The van der Waals surface area contributed by atoms with Crippen LogP contribution in [0.4, 0.5) is 15.8 Å². The Morgan fingerprint density at radius 2 is 1.88 bits per heavy atom. The van der Waals surface area contributed by atoms with Crippen molar-refractivity contribution in [3.05, 3.63) is 76.3 Å². The first-order valence-corrected chi connectivity index (χ1v) is 8.46. The lowest BCUT2D eigenvalue weighted by atomic mass is 10.2. The van der Waals surface area contributed by atoms with Crippen LogP contribution in [0.15, 0.2) is 54.9 Å². The zero-order chi connectivity index (χ0) is 17.8. The highest BCUT2D eigenvalue weighted by Gasteiger charge is 2.05. The summed E-state index contributed by atoms with van der Waals surface area (Å²) < 4.78 is 14.9. The number of benzene rings is 2. The van der Waals surface area contributed by atoms with Gasteiger partial charge in [0.15, 0.2) is 5.11 Å². The van der Waals surface area contributed by atoms with Crippen molar-refractivity contribution in [2.75, 3.05) is 10.6 Å². The minimum absolute atomic E-state index is 0.269. The molecule has 0 fully saturated rings. The van der Waals surface area contributed by atoms with E-state index in [4.69, 9.17) is 35.4 Å². The average Bonchev–Trinajstić information content (AvgIpc) is 2.98. The molecule has 4 nitrogen and oxygen atoms in total. The van der Waals surface area contributed by atoms with Gasteiger partial charge in [-0.25, -0.2) is 4.39 Å². The summed E-state index contributed by atoms with van der Waals surface area (Å²) in [6, 6.07) is 11.5. The third kappa shape index (κ3) is 4.92. The second kappa shape index (κ2) is 7.82. The maximum atomic E-state index is 13.2. The molecular weight excluding hydrogens is 382 g/mol. The zero-order valence-corrected chi connectivity index (χ0v) is 15.2. The van der Waals surface area contributed by atoms with Crippen LogP contribution in [0.5, 0.6) is 0 Å². The fraction of sp³-hybridized carbons (Fsp3) is 0.0588. The summed E-state index contributed by atoms with van der Waals surface area (Å²) >= 11 is 17.1. The molecule has 0 aliphatic heterocycles. The second-order valence-corrected chi connectivity index (χ2v) is 6.49. The van der Waals surface area contributed by atoms with E-state index >= 15 is 0 Å². The van der Waals surface area contributed by atoms with E-state index in [1.807, 2.05) is 6.07 Å². The van der Waals surface area contributed by atoms with E-state index in [1.54, 1.807) is 41.3 Å². The molecule has 8 heteroatoms. The Hall–Kier alpha value is -2.15. The number of nitrogens with zero attached hydrogens (tertiary/aromatic N) is 2. The monoisotopic (exact) mass is 394 g/mol. The van der Waals surface area contributed by atoms with Crippen molar-refractivity contribution in [1.82, 2.24) is 9.78 Å². The van der Waals surface area contributed by atoms with Crippen molar-refractivity contribution >= 4 is 51.9 Å². The van der Waals surface area contributed by atoms with Crippen LogP contribution in [0.25, 0.3) is 0 Å². The van der Waals surface area contributed by atoms with E-state index in [0.29, 0.717) is 27.4 Å². The maximum Gasteiger partial charge on any atom is 0.175 e. The Kier molecular flexibility index (Phi) is 5.53. The third-order valence-electron chi connectivity index (χ3n) is 3.30. The first-order chi connectivity index (χ1) is 12.0. The fourth-order valence-electron chi connectivity index (χ4n) is 2.20. The summed E-state index contributed by atoms with van der Waals surface area (Å²) in [7, 11) is 0. The van der Waals surface area contributed by atoms with Gasteiger partial charge >= 0.3 is 0 Å². The van der Waals surface area contributed by atoms with Gasteiger partial charge in [-0.1, -0.05) is 35.3 Å². The van der Waals surface area contributed by atoms with Crippen molar-refractivity contribution in [3.8, 4) is 0 Å². The predicted octanol–water partition coefficient (Wildman–Crippen LogP) is 5.19. The first kappa shape index (κ1) is 17.7. The lowest BCUT2D eigenvalue weighted by Crippen LogP contribution is -2.18. The number of hydrogen-bond donors (Lipinski definition) is 2. The highest BCUT2D eigenvalue weighted by Crippen LogP contribution is 2.25. The summed E-state index contributed by atoms with van der Waals surface area (Å²) in [5, 5.41) is 11.6. The number of anilines is 2. The van der Waals surface area contributed by atoms with Gasteiger partial charge in [-0.3, -0.25) is 4.68 Å². The van der Waals surface area contributed by atoms with E-state index in [-0.39, 0.29) is 5.82 Å². The molecule has 2 aromatic carbocycles. The first-order valence-electron chi connectivity index (χ1n) is 7.29. The average molecular weight is 395 g/mol. The summed E-state index contributed by atoms with van der Waals surface area (Å²) in [4.78, 5) is 0. The molecule has 0 saturated carbocycles. The minimum Gasteiger partial charge on any atom is -0.332 e.